The third-order valence-electron chi connectivity index (χ3n) is 4.60. The van der Waals surface area contributed by atoms with Crippen LogP contribution in [0.3, 0.4) is 0 Å². The highest BCUT2D eigenvalue weighted by Crippen LogP contribution is 2.23. The lowest BCUT2D eigenvalue weighted by Gasteiger charge is -2.35. The SMILES string of the molecule is CC(C)CN1CCN(CCNCC2CCCC2)CC1. The molecule has 0 aromatic carbocycles. The minimum atomic E-state index is 0.805. The lowest BCUT2D eigenvalue weighted by atomic mass is 10.1. The number of hydrogen-bond acceptors (Lipinski definition) is 3. The van der Waals surface area contributed by atoms with E-state index in [-0.39, 0.29) is 0 Å². The zero-order chi connectivity index (χ0) is 13.5. The Labute approximate surface area is 119 Å². The van der Waals surface area contributed by atoms with Crippen LogP contribution in [0.15, 0.2) is 0 Å². The Kier molecular flexibility index (Phi) is 6.62. The summed E-state index contributed by atoms with van der Waals surface area (Å²) < 4.78 is 0. The summed E-state index contributed by atoms with van der Waals surface area (Å²) in [5.41, 5.74) is 0. The van der Waals surface area contributed by atoms with Crippen LogP contribution in [0.5, 0.6) is 0 Å². The minimum absolute atomic E-state index is 0.805. The van der Waals surface area contributed by atoms with Gasteiger partial charge in [-0.2, -0.15) is 0 Å². The lowest BCUT2D eigenvalue weighted by Crippen LogP contribution is -2.49. The van der Waals surface area contributed by atoms with E-state index in [0.717, 1.165) is 11.8 Å². The van der Waals surface area contributed by atoms with E-state index in [9.17, 15) is 0 Å². The fourth-order valence-corrected chi connectivity index (χ4v) is 3.47. The van der Waals surface area contributed by atoms with Crippen LogP contribution in [0.1, 0.15) is 39.5 Å². The molecule has 1 saturated heterocycles. The Hall–Kier alpha value is -0.120. The Morgan fingerprint density at radius 2 is 1.63 bits per heavy atom. The van der Waals surface area contributed by atoms with E-state index in [2.05, 4.69) is 29.0 Å². The molecular weight excluding hydrogens is 234 g/mol. The van der Waals surface area contributed by atoms with Crippen LogP contribution in [-0.2, 0) is 0 Å². The standard InChI is InChI=1S/C16H33N3/c1-15(2)14-19-11-9-18(10-12-19)8-7-17-13-16-5-3-4-6-16/h15-17H,3-14H2,1-2H3. The van der Waals surface area contributed by atoms with Gasteiger partial charge in [-0.05, 0) is 31.2 Å². The van der Waals surface area contributed by atoms with Crippen molar-refractivity contribution in [2.24, 2.45) is 11.8 Å². The monoisotopic (exact) mass is 267 g/mol. The molecule has 1 saturated carbocycles. The van der Waals surface area contributed by atoms with Gasteiger partial charge in [0.25, 0.3) is 0 Å². The molecule has 2 aliphatic rings. The predicted molar refractivity (Wildman–Crippen MR) is 82.5 cm³/mol. The molecule has 0 unspecified atom stereocenters. The van der Waals surface area contributed by atoms with Crippen LogP contribution in [0.2, 0.25) is 0 Å². The van der Waals surface area contributed by atoms with E-state index in [1.807, 2.05) is 0 Å². The first-order valence-electron chi connectivity index (χ1n) is 8.39. The van der Waals surface area contributed by atoms with E-state index in [1.165, 1.54) is 78.0 Å². The summed E-state index contributed by atoms with van der Waals surface area (Å²) in [6.07, 6.45) is 5.84. The van der Waals surface area contributed by atoms with Crippen LogP contribution in [0, 0.1) is 11.8 Å². The highest BCUT2D eigenvalue weighted by molar-refractivity contribution is 4.74. The summed E-state index contributed by atoms with van der Waals surface area (Å²) in [5, 5.41) is 3.66. The Bertz CT molecular complexity index is 228. The molecule has 1 aliphatic heterocycles. The van der Waals surface area contributed by atoms with Crippen molar-refractivity contribution >= 4 is 0 Å². The van der Waals surface area contributed by atoms with Gasteiger partial charge in [0.15, 0.2) is 0 Å². The molecule has 0 spiro atoms. The molecule has 3 heteroatoms. The van der Waals surface area contributed by atoms with Gasteiger partial charge in [-0.25, -0.2) is 0 Å². The second-order valence-corrected chi connectivity index (χ2v) is 6.89. The normalized spacial score (nSPS) is 23.5. The van der Waals surface area contributed by atoms with E-state index >= 15 is 0 Å². The maximum Gasteiger partial charge on any atom is 0.0110 e. The summed E-state index contributed by atoms with van der Waals surface area (Å²) in [4.78, 5) is 5.24. The number of rotatable bonds is 7. The van der Waals surface area contributed by atoms with Crippen LogP contribution in [0.4, 0.5) is 0 Å². The van der Waals surface area contributed by atoms with Gasteiger partial charge in [0.2, 0.25) is 0 Å². The van der Waals surface area contributed by atoms with Gasteiger partial charge in [-0.3, -0.25) is 4.90 Å². The van der Waals surface area contributed by atoms with E-state index in [0.29, 0.717) is 0 Å². The molecule has 1 heterocycles. The largest absolute Gasteiger partial charge is 0.315 e. The Morgan fingerprint density at radius 1 is 1.00 bits per heavy atom. The highest BCUT2D eigenvalue weighted by atomic mass is 15.3. The first-order valence-corrected chi connectivity index (χ1v) is 8.39. The molecule has 0 bridgehead atoms. The van der Waals surface area contributed by atoms with Crippen molar-refractivity contribution in [3.63, 3.8) is 0 Å². The van der Waals surface area contributed by atoms with Crippen molar-refractivity contribution in [3.8, 4) is 0 Å². The van der Waals surface area contributed by atoms with Gasteiger partial charge < -0.3 is 10.2 Å². The topological polar surface area (TPSA) is 18.5 Å². The number of hydrogen-bond donors (Lipinski definition) is 1. The minimum Gasteiger partial charge on any atom is -0.315 e. The van der Waals surface area contributed by atoms with Crippen molar-refractivity contribution in [1.29, 1.82) is 0 Å². The third kappa shape index (κ3) is 5.80. The molecule has 0 amide bonds. The molecular formula is C16H33N3. The molecule has 1 N–H and O–H groups in total. The average Bonchev–Trinajstić information content (AvgIpc) is 2.89. The van der Waals surface area contributed by atoms with E-state index < -0.39 is 0 Å². The fraction of sp³-hybridized carbons (Fsp3) is 1.00. The smallest absolute Gasteiger partial charge is 0.0110 e. The lowest BCUT2D eigenvalue weighted by molar-refractivity contribution is 0.122. The van der Waals surface area contributed by atoms with Gasteiger partial charge in [0.1, 0.15) is 0 Å². The molecule has 2 rings (SSSR count). The summed E-state index contributed by atoms with van der Waals surface area (Å²) >= 11 is 0. The zero-order valence-electron chi connectivity index (χ0n) is 13.0. The maximum absolute atomic E-state index is 3.66. The average molecular weight is 267 g/mol. The third-order valence-corrected chi connectivity index (χ3v) is 4.60. The van der Waals surface area contributed by atoms with Crippen LogP contribution >= 0.6 is 0 Å². The summed E-state index contributed by atoms with van der Waals surface area (Å²) in [6, 6.07) is 0. The molecule has 1 aliphatic carbocycles. The fourth-order valence-electron chi connectivity index (χ4n) is 3.47. The molecule has 3 nitrogen and oxygen atoms in total. The first-order chi connectivity index (χ1) is 9.24. The predicted octanol–water partition coefficient (Wildman–Crippen LogP) is 2.04. The van der Waals surface area contributed by atoms with Crippen molar-refractivity contribution < 1.29 is 0 Å². The molecule has 0 atom stereocenters. The first kappa shape index (κ1) is 15.3. The molecule has 112 valence electrons. The van der Waals surface area contributed by atoms with Crippen molar-refractivity contribution in [2.45, 2.75) is 39.5 Å². The molecule has 19 heavy (non-hydrogen) atoms. The summed E-state index contributed by atoms with van der Waals surface area (Å²) in [6.45, 7) is 14.6. The molecule has 0 aromatic heterocycles. The van der Waals surface area contributed by atoms with Gasteiger partial charge in [0.05, 0.1) is 0 Å². The van der Waals surface area contributed by atoms with Crippen LogP contribution in [-0.4, -0.2) is 62.2 Å². The summed E-state index contributed by atoms with van der Waals surface area (Å²) in [5.74, 6) is 1.78. The number of nitrogens with one attached hydrogen (secondary N) is 1. The number of nitrogens with zero attached hydrogens (tertiary/aromatic N) is 2. The van der Waals surface area contributed by atoms with E-state index in [4.69, 9.17) is 0 Å². The number of piperazine rings is 1. The van der Waals surface area contributed by atoms with Crippen molar-refractivity contribution in [1.82, 2.24) is 15.1 Å². The van der Waals surface area contributed by atoms with Crippen molar-refractivity contribution in [3.05, 3.63) is 0 Å². The quantitative estimate of drug-likeness (QED) is 0.712. The second kappa shape index (κ2) is 8.23. The second-order valence-electron chi connectivity index (χ2n) is 6.89. The zero-order valence-corrected chi connectivity index (χ0v) is 13.0. The van der Waals surface area contributed by atoms with Gasteiger partial charge in [-0.15, -0.1) is 0 Å². The van der Waals surface area contributed by atoms with Gasteiger partial charge in [-0.1, -0.05) is 26.7 Å². The maximum atomic E-state index is 3.66. The Balaban J connectivity index is 1.48. The van der Waals surface area contributed by atoms with E-state index in [1.54, 1.807) is 0 Å². The van der Waals surface area contributed by atoms with Gasteiger partial charge >= 0.3 is 0 Å². The Morgan fingerprint density at radius 3 is 2.26 bits per heavy atom. The van der Waals surface area contributed by atoms with Crippen LogP contribution < -0.4 is 5.32 Å². The van der Waals surface area contributed by atoms with Gasteiger partial charge in [0, 0.05) is 45.8 Å². The van der Waals surface area contributed by atoms with Crippen LogP contribution in [0.25, 0.3) is 0 Å². The van der Waals surface area contributed by atoms with Crippen molar-refractivity contribution in [2.75, 3.05) is 52.4 Å². The molecule has 0 radical (unpaired) electrons. The highest BCUT2D eigenvalue weighted by Gasteiger charge is 2.17. The molecule has 0 aromatic rings. The molecule has 2 fully saturated rings. The summed E-state index contributed by atoms with van der Waals surface area (Å²) in [7, 11) is 0.